The molecule has 0 bridgehead atoms. The second kappa shape index (κ2) is 4.01. The standard InChI is InChI=1S/C8H15N2OP/c1-6(2)3-8-7(5-11)4-10(12)9-8/h4,6,11H,3,5,12H2,1-2H3. The molecule has 0 aliphatic heterocycles. The van der Waals surface area contributed by atoms with Crippen molar-refractivity contribution < 1.29 is 5.11 Å². The molecule has 1 aromatic rings. The van der Waals surface area contributed by atoms with Gasteiger partial charge in [-0.15, -0.1) is 0 Å². The Hall–Kier alpha value is -0.400. The molecule has 1 aromatic heterocycles. The van der Waals surface area contributed by atoms with Gasteiger partial charge in [-0.3, -0.25) is 4.45 Å². The summed E-state index contributed by atoms with van der Waals surface area (Å²) in [5.41, 5.74) is 1.93. The molecule has 0 amide bonds. The average molecular weight is 186 g/mol. The molecule has 0 saturated carbocycles. The van der Waals surface area contributed by atoms with Gasteiger partial charge in [0.1, 0.15) is 0 Å². The first-order valence-corrected chi connectivity index (χ1v) is 4.58. The zero-order valence-electron chi connectivity index (χ0n) is 7.49. The summed E-state index contributed by atoms with van der Waals surface area (Å²) < 4.78 is 1.67. The summed E-state index contributed by atoms with van der Waals surface area (Å²) in [4.78, 5) is 0. The van der Waals surface area contributed by atoms with E-state index in [0.29, 0.717) is 5.92 Å². The zero-order valence-corrected chi connectivity index (χ0v) is 8.64. The van der Waals surface area contributed by atoms with Crippen molar-refractivity contribution >= 4 is 9.39 Å². The van der Waals surface area contributed by atoms with Crippen molar-refractivity contribution in [2.75, 3.05) is 0 Å². The van der Waals surface area contributed by atoms with Crippen LogP contribution in [0.2, 0.25) is 0 Å². The molecule has 0 radical (unpaired) electrons. The SMILES string of the molecule is CC(C)Cc1nn(P)cc1CO. The fraction of sp³-hybridized carbons (Fsp3) is 0.625. The highest BCUT2D eigenvalue weighted by molar-refractivity contribution is 7.14. The highest BCUT2D eigenvalue weighted by atomic mass is 31.0. The number of hydrogen-bond acceptors (Lipinski definition) is 2. The summed E-state index contributed by atoms with van der Waals surface area (Å²) in [6, 6.07) is 0. The smallest absolute Gasteiger partial charge is 0.0715 e. The molecular weight excluding hydrogens is 171 g/mol. The van der Waals surface area contributed by atoms with E-state index >= 15 is 0 Å². The maximum absolute atomic E-state index is 8.98. The number of rotatable bonds is 3. The monoisotopic (exact) mass is 186 g/mol. The number of aromatic nitrogens is 2. The molecule has 1 rings (SSSR count). The summed E-state index contributed by atoms with van der Waals surface area (Å²) in [5, 5.41) is 13.2. The number of aliphatic hydroxyl groups is 1. The molecule has 0 fully saturated rings. The summed E-state index contributed by atoms with van der Waals surface area (Å²) in [5.74, 6) is 0.579. The third kappa shape index (κ3) is 2.29. The normalized spacial score (nSPS) is 11.1. The molecule has 0 aromatic carbocycles. The molecule has 0 saturated heterocycles. The van der Waals surface area contributed by atoms with Crippen molar-refractivity contribution in [3.8, 4) is 0 Å². The highest BCUT2D eigenvalue weighted by Crippen LogP contribution is 2.13. The Labute approximate surface area is 75.0 Å². The lowest BCUT2D eigenvalue weighted by Gasteiger charge is -2.01. The molecule has 0 aliphatic carbocycles. The largest absolute Gasteiger partial charge is 0.392 e. The Morgan fingerprint density at radius 1 is 1.67 bits per heavy atom. The molecule has 1 unspecified atom stereocenters. The zero-order chi connectivity index (χ0) is 9.14. The van der Waals surface area contributed by atoms with E-state index in [9.17, 15) is 0 Å². The molecule has 68 valence electrons. The topological polar surface area (TPSA) is 38.0 Å². The van der Waals surface area contributed by atoms with E-state index in [0.717, 1.165) is 17.7 Å². The minimum absolute atomic E-state index is 0.0798. The maximum atomic E-state index is 8.98. The first-order chi connectivity index (χ1) is 5.63. The van der Waals surface area contributed by atoms with E-state index in [4.69, 9.17) is 5.11 Å². The van der Waals surface area contributed by atoms with Gasteiger partial charge in [-0.05, 0) is 21.7 Å². The van der Waals surface area contributed by atoms with Crippen LogP contribution in [0, 0.1) is 5.92 Å². The average Bonchev–Trinajstić information content (AvgIpc) is 2.29. The van der Waals surface area contributed by atoms with Gasteiger partial charge in [0.2, 0.25) is 0 Å². The van der Waals surface area contributed by atoms with Gasteiger partial charge < -0.3 is 5.11 Å². The molecule has 1 N–H and O–H groups in total. The Morgan fingerprint density at radius 2 is 2.33 bits per heavy atom. The van der Waals surface area contributed by atoms with Crippen LogP contribution in [0.15, 0.2) is 6.20 Å². The van der Waals surface area contributed by atoms with Gasteiger partial charge in [0, 0.05) is 11.8 Å². The van der Waals surface area contributed by atoms with Crippen LogP contribution in [0.3, 0.4) is 0 Å². The van der Waals surface area contributed by atoms with Crippen LogP contribution < -0.4 is 0 Å². The van der Waals surface area contributed by atoms with E-state index in [1.807, 2.05) is 6.20 Å². The molecule has 3 nitrogen and oxygen atoms in total. The number of nitrogens with zero attached hydrogens (tertiary/aromatic N) is 2. The van der Waals surface area contributed by atoms with Gasteiger partial charge >= 0.3 is 0 Å². The minimum Gasteiger partial charge on any atom is -0.392 e. The van der Waals surface area contributed by atoms with E-state index in [1.165, 1.54) is 0 Å². The van der Waals surface area contributed by atoms with Crippen molar-refractivity contribution in [3.05, 3.63) is 17.5 Å². The first-order valence-electron chi connectivity index (χ1n) is 4.06. The first kappa shape index (κ1) is 9.69. The maximum Gasteiger partial charge on any atom is 0.0715 e. The summed E-state index contributed by atoms with van der Waals surface area (Å²) >= 11 is 0. The van der Waals surface area contributed by atoms with Crippen molar-refractivity contribution in [2.24, 2.45) is 5.92 Å². The Bertz CT molecular complexity index is 258. The van der Waals surface area contributed by atoms with Gasteiger partial charge in [-0.1, -0.05) is 13.8 Å². The summed E-state index contributed by atoms with van der Waals surface area (Å²) in [6.45, 7) is 4.36. The van der Waals surface area contributed by atoms with Gasteiger partial charge in [-0.2, -0.15) is 5.10 Å². The van der Waals surface area contributed by atoms with Crippen LogP contribution in [-0.4, -0.2) is 14.7 Å². The third-order valence-corrected chi connectivity index (χ3v) is 1.93. The molecule has 4 heteroatoms. The summed E-state index contributed by atoms with van der Waals surface area (Å²) in [6.07, 6.45) is 2.76. The third-order valence-electron chi connectivity index (χ3n) is 1.67. The Morgan fingerprint density at radius 3 is 2.83 bits per heavy atom. The molecule has 1 atom stereocenters. The lowest BCUT2D eigenvalue weighted by atomic mass is 10.1. The van der Waals surface area contributed by atoms with Gasteiger partial charge in [0.25, 0.3) is 0 Å². The van der Waals surface area contributed by atoms with E-state index in [2.05, 4.69) is 28.3 Å². The van der Waals surface area contributed by atoms with Crippen molar-refractivity contribution in [2.45, 2.75) is 26.9 Å². The van der Waals surface area contributed by atoms with Gasteiger partial charge in [-0.25, -0.2) is 0 Å². The predicted molar refractivity (Wildman–Crippen MR) is 51.8 cm³/mol. The molecule has 12 heavy (non-hydrogen) atoms. The van der Waals surface area contributed by atoms with E-state index in [-0.39, 0.29) is 6.61 Å². The fourth-order valence-electron chi connectivity index (χ4n) is 1.16. The second-order valence-corrected chi connectivity index (χ2v) is 3.87. The van der Waals surface area contributed by atoms with E-state index < -0.39 is 0 Å². The number of aliphatic hydroxyl groups excluding tert-OH is 1. The minimum atomic E-state index is 0.0798. The van der Waals surface area contributed by atoms with Gasteiger partial charge in [0.05, 0.1) is 12.3 Å². The van der Waals surface area contributed by atoms with Crippen LogP contribution in [0.5, 0.6) is 0 Å². The van der Waals surface area contributed by atoms with Gasteiger partial charge in [0.15, 0.2) is 0 Å². The van der Waals surface area contributed by atoms with E-state index in [1.54, 1.807) is 4.45 Å². The van der Waals surface area contributed by atoms with Crippen LogP contribution in [0.4, 0.5) is 0 Å². The molecular formula is C8H15N2OP. The Kier molecular flexibility index (Phi) is 3.24. The fourth-order valence-corrected chi connectivity index (χ4v) is 1.48. The Balaban J connectivity index is 2.81. The van der Waals surface area contributed by atoms with Crippen LogP contribution >= 0.6 is 9.39 Å². The molecule has 0 spiro atoms. The van der Waals surface area contributed by atoms with Crippen molar-refractivity contribution in [1.82, 2.24) is 9.55 Å². The van der Waals surface area contributed by atoms with Crippen molar-refractivity contribution in [3.63, 3.8) is 0 Å². The van der Waals surface area contributed by atoms with Crippen LogP contribution in [0.1, 0.15) is 25.1 Å². The summed E-state index contributed by atoms with van der Waals surface area (Å²) in [7, 11) is 2.47. The van der Waals surface area contributed by atoms with Crippen LogP contribution in [-0.2, 0) is 13.0 Å². The molecule has 0 aliphatic rings. The highest BCUT2D eigenvalue weighted by Gasteiger charge is 2.07. The lowest BCUT2D eigenvalue weighted by molar-refractivity contribution is 0.280. The lowest BCUT2D eigenvalue weighted by Crippen LogP contribution is -1.98. The number of hydrogen-bond donors (Lipinski definition) is 1. The second-order valence-electron chi connectivity index (χ2n) is 3.34. The van der Waals surface area contributed by atoms with Crippen LogP contribution in [0.25, 0.3) is 0 Å². The predicted octanol–water partition coefficient (Wildman–Crippen LogP) is 1.21. The molecule has 1 heterocycles. The quantitative estimate of drug-likeness (QED) is 0.720. The van der Waals surface area contributed by atoms with Crippen molar-refractivity contribution in [1.29, 1.82) is 0 Å².